The molecule has 97 heavy (non-hydrogen) atoms. The maximum Gasteiger partial charge on any atom is 0.472 e. The lowest BCUT2D eigenvalue weighted by molar-refractivity contribution is -0.161. The minimum Gasteiger partial charge on any atom is -0.462 e. The maximum absolute atomic E-state index is 13.1. The van der Waals surface area contributed by atoms with E-state index in [-0.39, 0.29) is 25.7 Å². The second-order valence-electron chi connectivity index (χ2n) is 29.3. The van der Waals surface area contributed by atoms with Crippen LogP contribution in [0.5, 0.6) is 0 Å². The number of hydrogen-bond donors (Lipinski definition) is 3. The van der Waals surface area contributed by atoms with E-state index in [0.29, 0.717) is 25.7 Å². The summed E-state index contributed by atoms with van der Waals surface area (Å²) >= 11 is 0. The van der Waals surface area contributed by atoms with Gasteiger partial charge in [0.1, 0.15) is 19.3 Å². The number of carbonyl (C=O) groups excluding carboxylic acids is 4. The molecule has 0 fully saturated rings. The number of hydrogen-bond acceptors (Lipinski definition) is 15. The molecule has 0 aliphatic carbocycles. The van der Waals surface area contributed by atoms with Gasteiger partial charge in [-0.3, -0.25) is 37.3 Å². The summed E-state index contributed by atoms with van der Waals surface area (Å²) in [6.45, 7) is 11.9. The fourth-order valence-electron chi connectivity index (χ4n) is 11.9. The molecule has 576 valence electrons. The lowest BCUT2D eigenvalue weighted by Crippen LogP contribution is -2.30. The summed E-state index contributed by atoms with van der Waals surface area (Å²) in [5.41, 5.74) is 0. The van der Waals surface area contributed by atoms with Gasteiger partial charge in [0, 0.05) is 25.7 Å². The third-order valence-corrected chi connectivity index (χ3v) is 20.4. The first kappa shape index (κ1) is 95.1. The maximum atomic E-state index is 13.1. The van der Waals surface area contributed by atoms with E-state index in [1.165, 1.54) is 212 Å². The molecule has 0 aromatic carbocycles. The zero-order chi connectivity index (χ0) is 71.6. The summed E-state index contributed by atoms with van der Waals surface area (Å²) in [6, 6.07) is 0. The van der Waals surface area contributed by atoms with Crippen LogP contribution >= 0.6 is 15.6 Å². The average molecular weight is 1420 g/mol. The Morgan fingerprint density at radius 3 is 0.784 bits per heavy atom. The van der Waals surface area contributed by atoms with Crippen molar-refractivity contribution in [2.45, 2.75) is 420 Å². The molecule has 3 N–H and O–H groups in total. The van der Waals surface area contributed by atoms with Crippen molar-refractivity contribution in [3.8, 4) is 0 Å². The molecule has 0 heterocycles. The second kappa shape index (κ2) is 68.5. The van der Waals surface area contributed by atoms with Crippen LogP contribution in [0.2, 0.25) is 0 Å². The van der Waals surface area contributed by atoms with Gasteiger partial charge in [-0.1, -0.05) is 350 Å². The van der Waals surface area contributed by atoms with Crippen LogP contribution in [-0.4, -0.2) is 96.7 Å². The SMILES string of the molecule is CCCCCCCCCCCCCCCCCCCCCC(=O)O[C@H](COC(=O)CCCCCCCCCCCCC(C)CC)COP(=O)(O)OC[C@@H](O)COP(=O)(O)OC[C@@H](COC(=O)CCCCCCCCCCCC(C)C)OC(=O)CCCCCCCCCCCC(C)C. The van der Waals surface area contributed by atoms with Crippen molar-refractivity contribution in [2.75, 3.05) is 39.6 Å². The van der Waals surface area contributed by atoms with Gasteiger partial charge in [-0.2, -0.15) is 0 Å². The fourth-order valence-corrected chi connectivity index (χ4v) is 13.5. The van der Waals surface area contributed by atoms with Crippen molar-refractivity contribution >= 4 is 39.5 Å². The Hall–Kier alpha value is -1.94. The molecule has 17 nitrogen and oxygen atoms in total. The van der Waals surface area contributed by atoms with Crippen molar-refractivity contribution in [1.82, 2.24) is 0 Å². The quantitative estimate of drug-likeness (QED) is 0.0222. The number of unbranched alkanes of at least 4 members (excludes halogenated alkanes) is 43. The number of phosphoric acid groups is 2. The Labute approximate surface area is 594 Å². The Kier molecular flexibility index (Phi) is 67.1. The van der Waals surface area contributed by atoms with Crippen LogP contribution in [0.4, 0.5) is 0 Å². The summed E-state index contributed by atoms with van der Waals surface area (Å²) in [6.07, 6.45) is 55.5. The Balaban J connectivity index is 5.25. The van der Waals surface area contributed by atoms with Crippen LogP contribution in [0, 0.1) is 17.8 Å². The van der Waals surface area contributed by atoms with Gasteiger partial charge in [0.05, 0.1) is 26.4 Å². The van der Waals surface area contributed by atoms with E-state index in [0.717, 1.165) is 108 Å². The summed E-state index contributed by atoms with van der Waals surface area (Å²) in [4.78, 5) is 72.9. The molecule has 0 spiro atoms. The molecule has 0 aliphatic rings. The molecule has 0 aromatic heterocycles. The smallest absolute Gasteiger partial charge is 0.462 e. The van der Waals surface area contributed by atoms with E-state index in [1.54, 1.807) is 0 Å². The summed E-state index contributed by atoms with van der Waals surface area (Å²) in [7, 11) is -9.92. The van der Waals surface area contributed by atoms with Gasteiger partial charge >= 0.3 is 39.5 Å². The van der Waals surface area contributed by atoms with Crippen LogP contribution in [0.3, 0.4) is 0 Å². The molecule has 0 saturated carbocycles. The van der Waals surface area contributed by atoms with Gasteiger partial charge in [-0.15, -0.1) is 0 Å². The Morgan fingerprint density at radius 2 is 0.526 bits per heavy atom. The Morgan fingerprint density at radius 1 is 0.299 bits per heavy atom. The lowest BCUT2D eigenvalue weighted by Gasteiger charge is -2.21. The van der Waals surface area contributed by atoms with Crippen molar-refractivity contribution in [1.29, 1.82) is 0 Å². The van der Waals surface area contributed by atoms with Gasteiger partial charge in [-0.05, 0) is 43.4 Å². The molecule has 0 saturated heterocycles. The highest BCUT2D eigenvalue weighted by molar-refractivity contribution is 7.47. The predicted octanol–water partition coefficient (Wildman–Crippen LogP) is 23.0. The number of carbonyl (C=O) groups is 4. The second-order valence-corrected chi connectivity index (χ2v) is 32.2. The predicted molar refractivity (Wildman–Crippen MR) is 395 cm³/mol. The average Bonchev–Trinajstić information content (AvgIpc) is 2.26. The molecule has 3 unspecified atom stereocenters. The molecule has 0 aromatic rings. The number of ether oxygens (including phenoxy) is 4. The van der Waals surface area contributed by atoms with E-state index in [4.69, 9.17) is 37.0 Å². The highest BCUT2D eigenvalue weighted by Gasteiger charge is 2.30. The monoisotopic (exact) mass is 1420 g/mol. The number of esters is 4. The number of aliphatic hydroxyl groups is 1. The van der Waals surface area contributed by atoms with Crippen LogP contribution in [-0.2, 0) is 65.4 Å². The molecule has 0 aliphatic heterocycles. The van der Waals surface area contributed by atoms with E-state index in [1.807, 2.05) is 0 Å². The minimum absolute atomic E-state index is 0.105. The van der Waals surface area contributed by atoms with Gasteiger partial charge in [-0.25, -0.2) is 9.13 Å². The highest BCUT2D eigenvalue weighted by Crippen LogP contribution is 2.45. The van der Waals surface area contributed by atoms with Crippen LogP contribution in [0.1, 0.15) is 402 Å². The van der Waals surface area contributed by atoms with Gasteiger partial charge in [0.25, 0.3) is 0 Å². The van der Waals surface area contributed by atoms with E-state index in [9.17, 15) is 43.2 Å². The van der Waals surface area contributed by atoms with E-state index >= 15 is 0 Å². The first-order chi connectivity index (χ1) is 46.8. The first-order valence-corrected chi connectivity index (χ1v) is 43.4. The first-order valence-electron chi connectivity index (χ1n) is 40.4. The molecule has 0 rings (SSSR count). The Bertz CT molecular complexity index is 1890. The summed E-state index contributed by atoms with van der Waals surface area (Å²) in [5.74, 6) is 0.174. The standard InChI is InChI=1S/C78H152O17P2/c1-8-10-11-12-13-14-15-16-17-18-19-20-21-22-23-32-40-47-54-61-77(82)94-73(65-88-75(80)59-52-45-38-31-25-24-30-37-44-51-58-71(7)9-2)67-92-96(84,85)90-63-72(79)64-91-97(86,87)93-68-74(95-78(83)62-55-48-41-34-27-29-36-43-50-57-70(5)6)66-89-76(81)60-53-46-39-33-26-28-35-42-49-56-69(3)4/h69-74,79H,8-68H2,1-7H3,(H,84,85)(H,86,87)/t71?,72-,73-,74-/m1/s1. The van der Waals surface area contributed by atoms with Gasteiger partial charge in [0.2, 0.25) is 0 Å². The molecule has 19 heteroatoms. The van der Waals surface area contributed by atoms with Crippen LogP contribution in [0.15, 0.2) is 0 Å². The van der Waals surface area contributed by atoms with Crippen LogP contribution in [0.25, 0.3) is 0 Å². The van der Waals surface area contributed by atoms with Crippen LogP contribution < -0.4 is 0 Å². The number of phosphoric ester groups is 2. The molecule has 0 bridgehead atoms. The fraction of sp³-hybridized carbons (Fsp3) is 0.949. The van der Waals surface area contributed by atoms with Gasteiger partial charge in [0.15, 0.2) is 12.2 Å². The van der Waals surface area contributed by atoms with Crippen molar-refractivity contribution < 1.29 is 80.2 Å². The van der Waals surface area contributed by atoms with Crippen molar-refractivity contribution in [3.63, 3.8) is 0 Å². The lowest BCUT2D eigenvalue weighted by atomic mass is 9.99. The topological polar surface area (TPSA) is 237 Å². The summed E-state index contributed by atoms with van der Waals surface area (Å²) < 4.78 is 68.6. The molecule has 0 radical (unpaired) electrons. The zero-order valence-electron chi connectivity index (χ0n) is 63.5. The molecular weight excluding hydrogens is 1270 g/mol. The third kappa shape index (κ3) is 70.9. The van der Waals surface area contributed by atoms with Crippen molar-refractivity contribution in [3.05, 3.63) is 0 Å². The minimum atomic E-state index is -4.96. The normalized spacial score (nSPS) is 14.3. The molecular formula is C78H152O17P2. The molecule has 0 amide bonds. The highest BCUT2D eigenvalue weighted by atomic mass is 31.2. The van der Waals surface area contributed by atoms with E-state index < -0.39 is 97.5 Å². The number of rotatable bonds is 76. The molecule has 6 atom stereocenters. The summed E-state index contributed by atoms with van der Waals surface area (Å²) in [5, 5.41) is 10.6. The number of aliphatic hydroxyl groups excluding tert-OH is 1. The van der Waals surface area contributed by atoms with Crippen molar-refractivity contribution in [2.24, 2.45) is 17.8 Å². The largest absolute Gasteiger partial charge is 0.472 e. The van der Waals surface area contributed by atoms with E-state index in [2.05, 4.69) is 48.5 Å². The third-order valence-electron chi connectivity index (χ3n) is 18.5. The zero-order valence-corrected chi connectivity index (χ0v) is 65.3. The van der Waals surface area contributed by atoms with Gasteiger partial charge < -0.3 is 33.8 Å².